The molecule has 0 saturated heterocycles. The van der Waals surface area contributed by atoms with E-state index < -0.39 is 11.7 Å². The van der Waals surface area contributed by atoms with E-state index in [0.29, 0.717) is 29.7 Å². The van der Waals surface area contributed by atoms with Crippen molar-refractivity contribution in [3.05, 3.63) is 77.1 Å². The van der Waals surface area contributed by atoms with Crippen molar-refractivity contribution >= 4 is 17.5 Å². The molecule has 4 nitrogen and oxygen atoms in total. The Bertz CT molecular complexity index is 926. The highest BCUT2D eigenvalue weighted by Gasteiger charge is 2.24. The van der Waals surface area contributed by atoms with Crippen LogP contribution in [-0.4, -0.2) is 18.4 Å². The lowest BCUT2D eigenvalue weighted by molar-refractivity contribution is -0.114. The van der Waals surface area contributed by atoms with Gasteiger partial charge in [0.25, 0.3) is 11.8 Å². The van der Waals surface area contributed by atoms with Crippen LogP contribution in [0.25, 0.3) is 0 Å². The molecule has 3 rings (SSSR count). The number of amides is 2. The van der Waals surface area contributed by atoms with Gasteiger partial charge in [0.15, 0.2) is 0 Å². The average molecular weight is 348 g/mol. The van der Waals surface area contributed by atoms with E-state index in [1.54, 1.807) is 24.3 Å². The number of rotatable bonds is 4. The van der Waals surface area contributed by atoms with E-state index in [1.165, 1.54) is 17.0 Å². The second-order valence-corrected chi connectivity index (χ2v) is 5.94. The summed E-state index contributed by atoms with van der Waals surface area (Å²) in [5, 5.41) is 2.73. The van der Waals surface area contributed by atoms with Crippen LogP contribution in [0, 0.1) is 18.2 Å². The largest absolute Gasteiger partial charge is 0.352 e. The smallest absolute Gasteiger partial charge is 0.251 e. The first-order chi connectivity index (χ1) is 12.5. The summed E-state index contributed by atoms with van der Waals surface area (Å²) in [5.41, 5.74) is 2.57. The Morgan fingerprint density at radius 3 is 2.73 bits per heavy atom. The molecule has 2 aromatic rings. The molecular formula is C21H17FN2O2. The number of fused-ring (bicyclic) bond motifs is 1. The van der Waals surface area contributed by atoms with Crippen molar-refractivity contribution in [3.63, 3.8) is 0 Å². The summed E-state index contributed by atoms with van der Waals surface area (Å²) in [4.78, 5) is 25.7. The summed E-state index contributed by atoms with van der Waals surface area (Å²) in [6, 6.07) is 9.82. The number of anilines is 1. The summed E-state index contributed by atoms with van der Waals surface area (Å²) in [7, 11) is 0. The standard InChI is InChI=1S/C21H17FN2O2/c1-3-14-5-7-15(8-6-14)13-24(20(25)4-2)19-12-17-16(11-18(19)22)9-10-23-21(17)26/h1,4-8,11-12H,2,9-10,13H2,(H,23,26). The van der Waals surface area contributed by atoms with Gasteiger partial charge < -0.3 is 10.2 Å². The van der Waals surface area contributed by atoms with E-state index in [9.17, 15) is 14.0 Å². The van der Waals surface area contributed by atoms with Crippen molar-refractivity contribution in [2.24, 2.45) is 0 Å². The third-order valence-electron chi connectivity index (χ3n) is 4.29. The summed E-state index contributed by atoms with van der Waals surface area (Å²) in [6.45, 7) is 4.09. The van der Waals surface area contributed by atoms with Gasteiger partial charge in [-0.05, 0) is 47.9 Å². The van der Waals surface area contributed by atoms with Gasteiger partial charge in [0.2, 0.25) is 0 Å². The van der Waals surface area contributed by atoms with Crippen LogP contribution in [0.4, 0.5) is 10.1 Å². The maximum absolute atomic E-state index is 14.7. The van der Waals surface area contributed by atoms with Crippen LogP contribution in [0.1, 0.15) is 27.0 Å². The predicted octanol–water partition coefficient (Wildman–Crippen LogP) is 2.81. The van der Waals surface area contributed by atoms with E-state index in [0.717, 1.165) is 11.6 Å². The van der Waals surface area contributed by atoms with E-state index >= 15 is 0 Å². The quantitative estimate of drug-likeness (QED) is 0.682. The molecule has 0 saturated carbocycles. The highest BCUT2D eigenvalue weighted by atomic mass is 19.1. The second kappa shape index (κ2) is 7.24. The van der Waals surface area contributed by atoms with Crippen molar-refractivity contribution < 1.29 is 14.0 Å². The van der Waals surface area contributed by atoms with Crippen molar-refractivity contribution in [3.8, 4) is 12.3 Å². The van der Waals surface area contributed by atoms with Crippen LogP contribution >= 0.6 is 0 Å². The van der Waals surface area contributed by atoms with Gasteiger partial charge in [-0.2, -0.15) is 0 Å². The van der Waals surface area contributed by atoms with Crippen LogP contribution in [0.3, 0.4) is 0 Å². The molecule has 1 N–H and O–H groups in total. The zero-order chi connectivity index (χ0) is 18.7. The Morgan fingerprint density at radius 2 is 2.08 bits per heavy atom. The molecule has 0 unspecified atom stereocenters. The zero-order valence-corrected chi connectivity index (χ0v) is 14.1. The molecule has 26 heavy (non-hydrogen) atoms. The first kappa shape index (κ1) is 17.4. The molecule has 0 spiro atoms. The Hall–Kier alpha value is -3.39. The maximum Gasteiger partial charge on any atom is 0.251 e. The first-order valence-corrected chi connectivity index (χ1v) is 8.13. The Balaban J connectivity index is 2.01. The molecule has 0 fully saturated rings. The van der Waals surface area contributed by atoms with Gasteiger partial charge in [-0.25, -0.2) is 4.39 Å². The van der Waals surface area contributed by atoms with Crippen LogP contribution in [0.5, 0.6) is 0 Å². The predicted molar refractivity (Wildman–Crippen MR) is 98.2 cm³/mol. The topological polar surface area (TPSA) is 49.4 Å². The van der Waals surface area contributed by atoms with Crippen molar-refractivity contribution in [1.29, 1.82) is 0 Å². The fourth-order valence-electron chi connectivity index (χ4n) is 2.91. The number of benzene rings is 2. The number of carbonyl (C=O) groups is 2. The molecule has 5 heteroatoms. The monoisotopic (exact) mass is 348 g/mol. The molecule has 2 aromatic carbocycles. The number of nitrogens with zero attached hydrogens (tertiary/aromatic N) is 1. The van der Waals surface area contributed by atoms with Gasteiger partial charge in [0, 0.05) is 17.7 Å². The SMILES string of the molecule is C#Cc1ccc(CN(C(=O)C=C)c2cc3c(cc2F)CCNC3=O)cc1. The molecule has 1 aliphatic heterocycles. The van der Waals surface area contributed by atoms with Crippen molar-refractivity contribution in [2.75, 3.05) is 11.4 Å². The number of hydrogen-bond acceptors (Lipinski definition) is 2. The van der Waals surface area contributed by atoms with E-state index in [4.69, 9.17) is 6.42 Å². The molecule has 1 aliphatic rings. The molecule has 0 radical (unpaired) electrons. The summed E-state index contributed by atoms with van der Waals surface area (Å²) in [5.74, 6) is 1.25. The molecular weight excluding hydrogens is 331 g/mol. The van der Waals surface area contributed by atoms with Crippen molar-refractivity contribution in [2.45, 2.75) is 13.0 Å². The van der Waals surface area contributed by atoms with Crippen LogP contribution in [-0.2, 0) is 17.8 Å². The van der Waals surface area contributed by atoms with E-state index in [1.807, 2.05) is 0 Å². The minimum absolute atomic E-state index is 0.0479. The molecule has 0 atom stereocenters. The minimum Gasteiger partial charge on any atom is -0.352 e. The number of carbonyl (C=O) groups excluding carboxylic acids is 2. The highest BCUT2D eigenvalue weighted by molar-refractivity contribution is 6.03. The van der Waals surface area contributed by atoms with Crippen molar-refractivity contribution in [1.82, 2.24) is 5.32 Å². The van der Waals surface area contributed by atoms with Gasteiger partial charge in [-0.3, -0.25) is 9.59 Å². The highest BCUT2D eigenvalue weighted by Crippen LogP contribution is 2.27. The third kappa shape index (κ3) is 3.35. The lowest BCUT2D eigenvalue weighted by Crippen LogP contribution is -2.34. The number of nitrogens with one attached hydrogen (secondary N) is 1. The first-order valence-electron chi connectivity index (χ1n) is 8.13. The van der Waals surface area contributed by atoms with Gasteiger partial charge in [0.1, 0.15) is 5.82 Å². The van der Waals surface area contributed by atoms with Gasteiger partial charge in [-0.15, -0.1) is 6.42 Å². The summed E-state index contributed by atoms with van der Waals surface area (Å²) >= 11 is 0. The van der Waals surface area contributed by atoms with Crippen LogP contribution in [0.2, 0.25) is 0 Å². The van der Waals surface area contributed by atoms with Gasteiger partial charge >= 0.3 is 0 Å². The molecule has 130 valence electrons. The Labute approximate surface area is 151 Å². The number of hydrogen-bond donors (Lipinski definition) is 1. The number of terminal acetylenes is 1. The summed E-state index contributed by atoms with van der Waals surface area (Å²) in [6.07, 6.45) is 7.02. The molecule has 0 aromatic heterocycles. The Kier molecular flexibility index (Phi) is 4.85. The lowest BCUT2D eigenvalue weighted by atomic mass is 9.98. The van der Waals surface area contributed by atoms with Gasteiger partial charge in [0.05, 0.1) is 12.2 Å². The van der Waals surface area contributed by atoms with E-state index in [2.05, 4.69) is 17.8 Å². The second-order valence-electron chi connectivity index (χ2n) is 5.94. The minimum atomic E-state index is -0.547. The third-order valence-corrected chi connectivity index (χ3v) is 4.29. The van der Waals surface area contributed by atoms with Crippen LogP contribution in [0.15, 0.2) is 49.1 Å². The normalized spacial score (nSPS) is 12.5. The molecule has 2 amide bonds. The van der Waals surface area contributed by atoms with E-state index in [-0.39, 0.29) is 18.1 Å². The maximum atomic E-state index is 14.7. The summed E-state index contributed by atoms with van der Waals surface area (Å²) < 4.78 is 14.7. The average Bonchev–Trinajstić information content (AvgIpc) is 2.66. The van der Waals surface area contributed by atoms with Gasteiger partial charge in [-0.1, -0.05) is 24.6 Å². The number of halogens is 1. The fourth-order valence-corrected chi connectivity index (χ4v) is 2.91. The molecule has 1 heterocycles. The Morgan fingerprint density at radius 1 is 1.35 bits per heavy atom. The molecule has 0 aliphatic carbocycles. The zero-order valence-electron chi connectivity index (χ0n) is 14.1. The molecule has 0 bridgehead atoms. The van der Waals surface area contributed by atoms with Crippen LogP contribution < -0.4 is 10.2 Å². The lowest BCUT2D eigenvalue weighted by Gasteiger charge is -2.25. The fraction of sp³-hybridized carbons (Fsp3) is 0.143.